The zero-order valence-electron chi connectivity index (χ0n) is 15.4. The molecule has 7 heteroatoms. The van der Waals surface area contributed by atoms with E-state index in [9.17, 15) is 4.79 Å². The summed E-state index contributed by atoms with van der Waals surface area (Å²) in [7, 11) is 1.63. The van der Waals surface area contributed by atoms with Gasteiger partial charge in [0.15, 0.2) is 0 Å². The van der Waals surface area contributed by atoms with Crippen LogP contribution in [0.15, 0.2) is 41.0 Å². The lowest BCUT2D eigenvalue weighted by molar-refractivity contribution is -0.121. The lowest BCUT2D eigenvalue weighted by Crippen LogP contribution is -2.36. The highest BCUT2D eigenvalue weighted by Gasteiger charge is 2.12. The molecule has 3 rings (SSSR count). The molecular formula is C20H24BrN3O3. The number of aromatic nitrogens is 1. The second-order valence-corrected chi connectivity index (χ2v) is 7.22. The van der Waals surface area contributed by atoms with E-state index in [1.54, 1.807) is 7.11 Å². The Morgan fingerprint density at radius 1 is 1.26 bits per heavy atom. The average Bonchev–Trinajstić information content (AvgIpc) is 2.72. The summed E-state index contributed by atoms with van der Waals surface area (Å²) in [5, 5.41) is 2.96. The van der Waals surface area contributed by atoms with Gasteiger partial charge < -0.3 is 19.7 Å². The smallest absolute Gasteiger partial charge is 0.220 e. The van der Waals surface area contributed by atoms with Crippen LogP contribution in [-0.4, -0.2) is 44.3 Å². The molecule has 0 unspecified atom stereocenters. The van der Waals surface area contributed by atoms with E-state index in [1.807, 2.05) is 36.5 Å². The molecule has 0 radical (unpaired) electrons. The number of nitrogens with zero attached hydrogens (tertiary/aromatic N) is 2. The first-order chi connectivity index (χ1) is 13.2. The molecule has 1 fully saturated rings. The predicted octanol–water partition coefficient (Wildman–Crippen LogP) is 2.94. The van der Waals surface area contributed by atoms with Crippen LogP contribution in [0.2, 0.25) is 0 Å². The number of methoxy groups -OCH3 is 1. The Morgan fingerprint density at radius 3 is 2.70 bits per heavy atom. The number of rotatable bonds is 7. The molecule has 0 aliphatic carbocycles. The van der Waals surface area contributed by atoms with E-state index >= 15 is 0 Å². The fourth-order valence-electron chi connectivity index (χ4n) is 2.91. The maximum Gasteiger partial charge on any atom is 0.220 e. The molecule has 144 valence electrons. The van der Waals surface area contributed by atoms with Gasteiger partial charge in [-0.15, -0.1) is 0 Å². The lowest BCUT2D eigenvalue weighted by Gasteiger charge is -2.27. The molecule has 1 aliphatic heterocycles. The fraction of sp³-hybridized carbons (Fsp3) is 0.400. The predicted molar refractivity (Wildman–Crippen MR) is 108 cm³/mol. The van der Waals surface area contributed by atoms with Crippen LogP contribution in [0.4, 0.5) is 5.82 Å². The van der Waals surface area contributed by atoms with Crippen LogP contribution in [0, 0.1) is 0 Å². The van der Waals surface area contributed by atoms with Crippen LogP contribution in [0.1, 0.15) is 17.5 Å². The number of morpholine rings is 1. The van der Waals surface area contributed by atoms with Crippen LogP contribution >= 0.6 is 15.9 Å². The molecule has 1 aliphatic rings. The second-order valence-electron chi connectivity index (χ2n) is 6.37. The summed E-state index contributed by atoms with van der Waals surface area (Å²) in [5.41, 5.74) is 2.09. The van der Waals surface area contributed by atoms with E-state index in [-0.39, 0.29) is 5.91 Å². The quantitative estimate of drug-likeness (QED) is 0.726. The average molecular weight is 434 g/mol. The minimum absolute atomic E-state index is 0.0270. The van der Waals surface area contributed by atoms with Crippen molar-refractivity contribution < 1.29 is 14.3 Å². The maximum atomic E-state index is 12.1. The van der Waals surface area contributed by atoms with Crippen LogP contribution < -0.4 is 15.0 Å². The third kappa shape index (κ3) is 5.68. The fourth-order valence-corrected chi connectivity index (χ4v) is 3.50. The first-order valence-electron chi connectivity index (χ1n) is 9.02. The Morgan fingerprint density at radius 2 is 2.04 bits per heavy atom. The standard InChI is InChI=1S/C20H24BrN3O3/c1-26-18-5-2-15(12-17(18)21)4-7-20(25)23-14-16-3-6-19(22-13-16)24-8-10-27-11-9-24/h2-3,5-6,12-13H,4,7-11,14H2,1H3,(H,23,25). The van der Waals surface area contributed by atoms with Crippen molar-refractivity contribution in [1.29, 1.82) is 0 Å². The number of carbonyl (C=O) groups is 1. The molecule has 0 spiro atoms. The summed E-state index contributed by atoms with van der Waals surface area (Å²) in [6, 6.07) is 9.88. The van der Waals surface area contributed by atoms with Gasteiger partial charge in [-0.05, 0) is 51.7 Å². The Balaban J connectivity index is 1.44. The number of hydrogen-bond donors (Lipinski definition) is 1. The first-order valence-corrected chi connectivity index (χ1v) is 9.82. The van der Waals surface area contributed by atoms with Gasteiger partial charge in [0.1, 0.15) is 11.6 Å². The minimum Gasteiger partial charge on any atom is -0.496 e. The lowest BCUT2D eigenvalue weighted by atomic mass is 10.1. The molecule has 1 aromatic heterocycles. The number of hydrogen-bond acceptors (Lipinski definition) is 5. The third-order valence-corrected chi connectivity index (χ3v) is 5.11. The highest BCUT2D eigenvalue weighted by molar-refractivity contribution is 9.10. The topological polar surface area (TPSA) is 63.7 Å². The SMILES string of the molecule is COc1ccc(CCC(=O)NCc2ccc(N3CCOCC3)nc2)cc1Br. The van der Waals surface area contributed by atoms with Gasteiger partial charge in [0.05, 0.1) is 24.8 Å². The molecule has 0 atom stereocenters. The maximum absolute atomic E-state index is 12.1. The molecule has 27 heavy (non-hydrogen) atoms. The van der Waals surface area contributed by atoms with Crippen molar-refractivity contribution in [2.75, 3.05) is 38.3 Å². The molecule has 1 amide bonds. The number of benzene rings is 1. The third-order valence-electron chi connectivity index (χ3n) is 4.49. The van der Waals surface area contributed by atoms with Gasteiger partial charge in [0.2, 0.25) is 5.91 Å². The van der Waals surface area contributed by atoms with E-state index in [0.717, 1.165) is 53.5 Å². The van der Waals surface area contributed by atoms with Gasteiger partial charge in [-0.1, -0.05) is 12.1 Å². The molecule has 1 N–H and O–H groups in total. The number of amides is 1. The van der Waals surface area contributed by atoms with Crippen LogP contribution in [0.25, 0.3) is 0 Å². The summed E-state index contributed by atoms with van der Waals surface area (Å²) in [6.45, 7) is 3.70. The van der Waals surface area contributed by atoms with Crippen molar-refractivity contribution in [2.24, 2.45) is 0 Å². The molecule has 1 aromatic carbocycles. The Labute approximate surface area is 168 Å². The zero-order valence-corrected chi connectivity index (χ0v) is 17.0. The number of aryl methyl sites for hydroxylation is 1. The molecule has 0 bridgehead atoms. The molecule has 1 saturated heterocycles. The van der Waals surface area contributed by atoms with Crippen molar-refractivity contribution in [2.45, 2.75) is 19.4 Å². The van der Waals surface area contributed by atoms with Gasteiger partial charge in [0.25, 0.3) is 0 Å². The van der Waals surface area contributed by atoms with Crippen molar-refractivity contribution in [3.63, 3.8) is 0 Å². The molecule has 2 aromatic rings. The van der Waals surface area contributed by atoms with Crippen LogP contribution in [-0.2, 0) is 22.5 Å². The van der Waals surface area contributed by atoms with Gasteiger partial charge in [-0.25, -0.2) is 4.98 Å². The van der Waals surface area contributed by atoms with Gasteiger partial charge in [-0.3, -0.25) is 4.79 Å². The highest BCUT2D eigenvalue weighted by Crippen LogP contribution is 2.25. The largest absolute Gasteiger partial charge is 0.496 e. The molecular weight excluding hydrogens is 410 g/mol. The van der Waals surface area contributed by atoms with Crippen molar-refractivity contribution in [1.82, 2.24) is 10.3 Å². The van der Waals surface area contributed by atoms with Crippen LogP contribution in [0.5, 0.6) is 5.75 Å². The van der Waals surface area contributed by atoms with Crippen LogP contribution in [0.3, 0.4) is 0 Å². The number of nitrogens with one attached hydrogen (secondary N) is 1. The van der Waals surface area contributed by atoms with E-state index < -0.39 is 0 Å². The normalized spacial score (nSPS) is 14.1. The number of ether oxygens (including phenoxy) is 2. The zero-order chi connectivity index (χ0) is 19.1. The first kappa shape index (κ1) is 19.6. The summed E-state index contributed by atoms with van der Waals surface area (Å²) in [4.78, 5) is 18.8. The molecule has 6 nitrogen and oxygen atoms in total. The Kier molecular flexibility index (Phi) is 7.06. The summed E-state index contributed by atoms with van der Waals surface area (Å²) in [6.07, 6.45) is 2.95. The Bertz CT molecular complexity index is 762. The van der Waals surface area contributed by atoms with E-state index in [1.165, 1.54) is 0 Å². The molecule has 2 heterocycles. The number of anilines is 1. The summed E-state index contributed by atoms with van der Waals surface area (Å²) >= 11 is 3.47. The van der Waals surface area contributed by atoms with Crippen molar-refractivity contribution in [3.8, 4) is 5.75 Å². The van der Waals surface area contributed by atoms with E-state index in [2.05, 4.69) is 31.1 Å². The molecule has 0 saturated carbocycles. The highest BCUT2D eigenvalue weighted by atomic mass is 79.9. The number of carbonyl (C=O) groups excluding carboxylic acids is 1. The van der Waals surface area contributed by atoms with E-state index in [4.69, 9.17) is 9.47 Å². The van der Waals surface area contributed by atoms with E-state index in [0.29, 0.717) is 19.4 Å². The van der Waals surface area contributed by atoms with Gasteiger partial charge in [0, 0.05) is 32.3 Å². The summed E-state index contributed by atoms with van der Waals surface area (Å²) in [5.74, 6) is 1.77. The number of halogens is 1. The second kappa shape index (κ2) is 9.71. The van der Waals surface area contributed by atoms with Gasteiger partial charge in [-0.2, -0.15) is 0 Å². The van der Waals surface area contributed by atoms with Crippen molar-refractivity contribution in [3.05, 3.63) is 52.1 Å². The van der Waals surface area contributed by atoms with Gasteiger partial charge >= 0.3 is 0 Å². The Hall–Kier alpha value is -2.12. The van der Waals surface area contributed by atoms with Crippen molar-refractivity contribution >= 4 is 27.7 Å². The minimum atomic E-state index is 0.0270. The summed E-state index contributed by atoms with van der Waals surface area (Å²) < 4.78 is 11.5. The monoisotopic (exact) mass is 433 g/mol. The number of pyridine rings is 1.